The van der Waals surface area contributed by atoms with E-state index in [0.717, 1.165) is 35.1 Å². The number of fused-ring (bicyclic) bond motifs is 3. The third-order valence-electron chi connectivity index (χ3n) is 6.98. The van der Waals surface area contributed by atoms with Crippen LogP contribution in [-0.4, -0.2) is 41.3 Å². The van der Waals surface area contributed by atoms with Crippen molar-refractivity contribution in [3.8, 4) is 11.1 Å². The monoisotopic (exact) mass is 464 g/mol. The van der Waals surface area contributed by atoms with Crippen molar-refractivity contribution in [1.82, 2.24) is 10.6 Å². The van der Waals surface area contributed by atoms with Crippen LogP contribution in [0.4, 0.5) is 4.79 Å². The molecular weight excluding hydrogens is 432 g/mol. The van der Waals surface area contributed by atoms with E-state index in [1.807, 2.05) is 31.2 Å². The summed E-state index contributed by atoms with van der Waals surface area (Å²) in [6, 6.07) is 15.7. The maximum atomic E-state index is 12.6. The van der Waals surface area contributed by atoms with Crippen molar-refractivity contribution in [2.24, 2.45) is 5.92 Å². The first-order chi connectivity index (χ1) is 16.3. The van der Waals surface area contributed by atoms with Gasteiger partial charge in [-0.1, -0.05) is 68.3 Å². The molecule has 2 aliphatic rings. The first kappa shape index (κ1) is 23.8. The van der Waals surface area contributed by atoms with Crippen LogP contribution in [0.1, 0.15) is 63.0 Å². The van der Waals surface area contributed by atoms with Crippen LogP contribution in [-0.2, 0) is 14.3 Å². The molecule has 0 saturated heterocycles. The molecule has 34 heavy (non-hydrogen) atoms. The van der Waals surface area contributed by atoms with E-state index in [2.05, 4.69) is 34.9 Å². The molecule has 2 aromatic carbocycles. The second-order valence-corrected chi connectivity index (χ2v) is 9.71. The Kier molecular flexibility index (Phi) is 6.91. The summed E-state index contributed by atoms with van der Waals surface area (Å²) in [6.07, 6.45) is 1.95. The number of carbonyl (C=O) groups is 3. The number of carbonyl (C=O) groups excluding carboxylic acids is 2. The number of hydrogen-bond donors (Lipinski definition) is 3. The van der Waals surface area contributed by atoms with E-state index in [1.54, 1.807) is 6.92 Å². The summed E-state index contributed by atoms with van der Waals surface area (Å²) < 4.78 is 5.54. The number of nitrogens with one attached hydrogen (secondary N) is 2. The van der Waals surface area contributed by atoms with Crippen LogP contribution in [0.2, 0.25) is 0 Å². The van der Waals surface area contributed by atoms with Crippen molar-refractivity contribution in [2.75, 3.05) is 6.61 Å². The summed E-state index contributed by atoms with van der Waals surface area (Å²) in [4.78, 5) is 37.0. The minimum Gasteiger partial charge on any atom is -0.480 e. The molecule has 2 amide bonds. The van der Waals surface area contributed by atoms with Gasteiger partial charge in [0.1, 0.15) is 12.1 Å². The molecule has 0 spiro atoms. The van der Waals surface area contributed by atoms with Gasteiger partial charge in [0.15, 0.2) is 0 Å². The molecule has 4 rings (SSSR count). The van der Waals surface area contributed by atoms with E-state index in [1.165, 1.54) is 0 Å². The Bertz CT molecular complexity index is 1040. The molecule has 2 aromatic rings. The number of amides is 2. The number of carboxylic acid groups (broad SMARTS) is 1. The highest BCUT2D eigenvalue weighted by atomic mass is 16.5. The van der Waals surface area contributed by atoms with Gasteiger partial charge in [-0.2, -0.15) is 0 Å². The average Bonchev–Trinajstić information content (AvgIpc) is 3.11. The molecule has 0 heterocycles. The Hall–Kier alpha value is -3.35. The minimum absolute atomic E-state index is 0.0202. The highest BCUT2D eigenvalue weighted by Gasteiger charge is 2.43. The van der Waals surface area contributed by atoms with Crippen LogP contribution in [0.25, 0.3) is 11.1 Å². The van der Waals surface area contributed by atoms with Crippen LogP contribution in [0.3, 0.4) is 0 Å². The Morgan fingerprint density at radius 1 is 1.09 bits per heavy atom. The van der Waals surface area contributed by atoms with Crippen molar-refractivity contribution in [1.29, 1.82) is 0 Å². The van der Waals surface area contributed by atoms with Crippen molar-refractivity contribution < 1.29 is 24.2 Å². The van der Waals surface area contributed by atoms with Crippen molar-refractivity contribution in [2.45, 2.75) is 63.5 Å². The quantitative estimate of drug-likeness (QED) is 0.561. The van der Waals surface area contributed by atoms with Gasteiger partial charge in [0.2, 0.25) is 5.91 Å². The van der Waals surface area contributed by atoms with Crippen molar-refractivity contribution in [3.63, 3.8) is 0 Å². The van der Waals surface area contributed by atoms with Gasteiger partial charge in [-0.15, -0.1) is 0 Å². The van der Waals surface area contributed by atoms with E-state index in [9.17, 15) is 19.5 Å². The third-order valence-corrected chi connectivity index (χ3v) is 6.98. The van der Waals surface area contributed by atoms with Gasteiger partial charge < -0.3 is 20.5 Å². The van der Waals surface area contributed by atoms with E-state index < -0.39 is 23.6 Å². The molecule has 0 radical (unpaired) electrons. The number of benzene rings is 2. The lowest BCUT2D eigenvalue weighted by molar-refractivity contribution is -0.150. The number of alkyl carbamates (subject to hydrolysis) is 1. The lowest BCUT2D eigenvalue weighted by Crippen LogP contribution is -2.57. The molecule has 3 atom stereocenters. The summed E-state index contributed by atoms with van der Waals surface area (Å²) in [7, 11) is 0. The fraction of sp³-hybridized carbons (Fsp3) is 0.444. The largest absolute Gasteiger partial charge is 0.480 e. The highest BCUT2D eigenvalue weighted by Crippen LogP contribution is 2.44. The summed E-state index contributed by atoms with van der Waals surface area (Å²) in [6.45, 7) is 3.90. The molecule has 7 heteroatoms. The number of rotatable bonds is 7. The Labute approximate surface area is 199 Å². The zero-order valence-corrected chi connectivity index (χ0v) is 19.7. The minimum atomic E-state index is -1.22. The molecule has 0 bridgehead atoms. The smallest absolute Gasteiger partial charge is 0.407 e. The summed E-state index contributed by atoms with van der Waals surface area (Å²) in [5.74, 6) is -1.19. The molecule has 1 saturated carbocycles. The second-order valence-electron chi connectivity index (χ2n) is 9.71. The topological polar surface area (TPSA) is 105 Å². The van der Waals surface area contributed by atoms with Crippen molar-refractivity contribution >= 4 is 18.0 Å². The molecule has 3 N–H and O–H groups in total. The van der Waals surface area contributed by atoms with E-state index in [4.69, 9.17) is 4.74 Å². The molecule has 2 aliphatic carbocycles. The first-order valence-corrected chi connectivity index (χ1v) is 11.9. The second kappa shape index (κ2) is 9.87. The molecule has 1 fully saturated rings. The fourth-order valence-corrected chi connectivity index (χ4v) is 5.40. The fourth-order valence-electron chi connectivity index (χ4n) is 5.40. The predicted octanol–water partition coefficient (Wildman–Crippen LogP) is 4.45. The van der Waals surface area contributed by atoms with E-state index in [-0.39, 0.29) is 30.8 Å². The normalized spacial score (nSPS) is 22.2. The van der Waals surface area contributed by atoms with Crippen LogP contribution < -0.4 is 10.6 Å². The summed E-state index contributed by atoms with van der Waals surface area (Å²) in [5, 5.41) is 15.2. The maximum Gasteiger partial charge on any atom is 0.407 e. The summed E-state index contributed by atoms with van der Waals surface area (Å²) in [5.41, 5.74) is 3.34. The maximum absolute atomic E-state index is 12.6. The van der Waals surface area contributed by atoms with E-state index >= 15 is 0 Å². The third kappa shape index (κ3) is 4.93. The van der Waals surface area contributed by atoms with Gasteiger partial charge in [0, 0.05) is 18.4 Å². The van der Waals surface area contributed by atoms with Crippen molar-refractivity contribution in [3.05, 3.63) is 59.7 Å². The molecule has 7 nitrogen and oxygen atoms in total. The van der Waals surface area contributed by atoms with E-state index in [0.29, 0.717) is 12.8 Å². The highest BCUT2D eigenvalue weighted by molar-refractivity contribution is 5.87. The predicted molar refractivity (Wildman–Crippen MR) is 128 cm³/mol. The van der Waals surface area contributed by atoms with Gasteiger partial charge in [-0.25, -0.2) is 9.59 Å². The number of ether oxygens (including phenoxy) is 1. The first-order valence-electron chi connectivity index (χ1n) is 11.9. The molecule has 2 unspecified atom stereocenters. The number of hydrogen-bond acceptors (Lipinski definition) is 4. The SMILES string of the molecule is CC1CCCC(NC(=O)C[C@H](C)NC(=O)OCC2c3ccccc3-c3ccccc32)(C(=O)O)C1. The molecule has 0 aliphatic heterocycles. The lowest BCUT2D eigenvalue weighted by Gasteiger charge is -2.37. The number of aliphatic carboxylic acids is 1. The summed E-state index contributed by atoms with van der Waals surface area (Å²) >= 11 is 0. The van der Waals surface area contributed by atoms with Crippen LogP contribution in [0.15, 0.2) is 48.5 Å². The van der Waals surface area contributed by atoms with Crippen LogP contribution in [0, 0.1) is 5.92 Å². The van der Waals surface area contributed by atoms with Gasteiger partial charge in [0.05, 0.1) is 0 Å². The Morgan fingerprint density at radius 3 is 2.29 bits per heavy atom. The zero-order valence-electron chi connectivity index (χ0n) is 19.7. The van der Waals surface area contributed by atoms with Gasteiger partial charge in [-0.3, -0.25) is 4.79 Å². The number of carboxylic acids is 1. The standard InChI is InChI=1S/C27H32N2O5/c1-17-8-7-13-27(15-17,25(31)32)29-24(30)14-18(2)28-26(33)34-16-23-21-11-5-3-9-19(21)20-10-4-6-12-22(20)23/h3-6,9-12,17-18,23H,7-8,13-16H2,1-2H3,(H,28,33)(H,29,30)(H,31,32)/t17?,18-,27?/m0/s1. The molecular formula is C27H32N2O5. The lowest BCUT2D eigenvalue weighted by atomic mass is 9.76. The molecule has 180 valence electrons. The molecule has 0 aromatic heterocycles. The van der Waals surface area contributed by atoms with Gasteiger partial charge in [0.25, 0.3) is 0 Å². The zero-order chi connectivity index (χ0) is 24.3. The van der Waals surface area contributed by atoms with Gasteiger partial charge in [-0.05, 0) is 47.9 Å². The average molecular weight is 465 g/mol. The Balaban J connectivity index is 1.31. The van der Waals surface area contributed by atoms with Crippen LogP contribution >= 0.6 is 0 Å². The van der Waals surface area contributed by atoms with Gasteiger partial charge >= 0.3 is 12.1 Å². The Morgan fingerprint density at radius 2 is 1.71 bits per heavy atom. The van der Waals surface area contributed by atoms with Crippen LogP contribution in [0.5, 0.6) is 0 Å².